The van der Waals surface area contributed by atoms with Crippen molar-refractivity contribution in [1.29, 1.82) is 0 Å². The van der Waals surface area contributed by atoms with Gasteiger partial charge in [-0.15, -0.1) is 0 Å². The lowest BCUT2D eigenvalue weighted by molar-refractivity contribution is -0.146. The number of piperidine rings is 1. The SMILES string of the molecule is COCCN1CCC[C@@]2(CCN(Cc3ccccn3)C2)C1=O. The Kier molecular flexibility index (Phi) is 4.74. The number of aromatic nitrogens is 1. The minimum absolute atomic E-state index is 0.166. The molecular weight excluding hydrogens is 278 g/mol. The van der Waals surface area contributed by atoms with Gasteiger partial charge >= 0.3 is 0 Å². The van der Waals surface area contributed by atoms with Gasteiger partial charge in [0.2, 0.25) is 5.91 Å². The van der Waals surface area contributed by atoms with E-state index in [1.54, 1.807) is 7.11 Å². The highest BCUT2D eigenvalue weighted by Crippen LogP contribution is 2.40. The molecule has 22 heavy (non-hydrogen) atoms. The Morgan fingerprint density at radius 1 is 1.32 bits per heavy atom. The molecule has 2 fully saturated rings. The van der Waals surface area contributed by atoms with Gasteiger partial charge in [-0.1, -0.05) is 6.07 Å². The molecule has 1 aromatic heterocycles. The van der Waals surface area contributed by atoms with Crippen molar-refractivity contribution in [3.63, 3.8) is 0 Å². The van der Waals surface area contributed by atoms with Gasteiger partial charge in [-0.05, 0) is 37.9 Å². The van der Waals surface area contributed by atoms with E-state index in [0.29, 0.717) is 12.5 Å². The fraction of sp³-hybridized carbons (Fsp3) is 0.647. The molecule has 5 heteroatoms. The molecule has 2 aliphatic rings. The summed E-state index contributed by atoms with van der Waals surface area (Å²) < 4.78 is 5.13. The van der Waals surface area contributed by atoms with E-state index in [9.17, 15) is 4.79 Å². The predicted molar refractivity (Wildman–Crippen MR) is 84.3 cm³/mol. The quantitative estimate of drug-likeness (QED) is 0.828. The summed E-state index contributed by atoms with van der Waals surface area (Å²) in [5.41, 5.74) is 0.917. The molecule has 0 saturated carbocycles. The molecule has 1 amide bonds. The van der Waals surface area contributed by atoms with Crippen LogP contribution in [0, 0.1) is 5.41 Å². The van der Waals surface area contributed by atoms with E-state index < -0.39 is 0 Å². The van der Waals surface area contributed by atoms with Crippen molar-refractivity contribution in [3.05, 3.63) is 30.1 Å². The van der Waals surface area contributed by atoms with E-state index in [4.69, 9.17) is 4.74 Å². The monoisotopic (exact) mass is 303 g/mol. The first-order valence-electron chi connectivity index (χ1n) is 8.14. The van der Waals surface area contributed by atoms with E-state index in [0.717, 1.165) is 57.7 Å². The number of rotatable bonds is 5. The van der Waals surface area contributed by atoms with Crippen LogP contribution in [-0.2, 0) is 16.1 Å². The lowest BCUT2D eigenvalue weighted by Gasteiger charge is -2.39. The normalized spacial score (nSPS) is 26.0. The maximum atomic E-state index is 12.9. The Morgan fingerprint density at radius 3 is 3.00 bits per heavy atom. The number of hydrogen-bond acceptors (Lipinski definition) is 4. The van der Waals surface area contributed by atoms with Crippen LogP contribution in [0.4, 0.5) is 0 Å². The molecule has 3 rings (SSSR count). The predicted octanol–water partition coefficient (Wildman–Crippen LogP) is 1.54. The Morgan fingerprint density at radius 2 is 2.23 bits per heavy atom. The summed E-state index contributed by atoms with van der Waals surface area (Å²) in [7, 11) is 1.69. The van der Waals surface area contributed by atoms with Gasteiger partial charge in [0.15, 0.2) is 0 Å². The van der Waals surface area contributed by atoms with E-state index in [1.165, 1.54) is 0 Å². The van der Waals surface area contributed by atoms with Crippen molar-refractivity contribution in [2.75, 3.05) is 39.9 Å². The topological polar surface area (TPSA) is 45.7 Å². The molecule has 120 valence electrons. The summed E-state index contributed by atoms with van der Waals surface area (Å²) in [6.45, 7) is 4.92. The highest BCUT2D eigenvalue weighted by atomic mass is 16.5. The summed E-state index contributed by atoms with van der Waals surface area (Å²) >= 11 is 0. The molecule has 1 aromatic rings. The number of pyridine rings is 1. The fourth-order valence-corrected chi connectivity index (χ4v) is 3.76. The van der Waals surface area contributed by atoms with E-state index >= 15 is 0 Å². The lowest BCUT2D eigenvalue weighted by Crippen LogP contribution is -2.50. The fourth-order valence-electron chi connectivity index (χ4n) is 3.76. The van der Waals surface area contributed by atoms with Crippen molar-refractivity contribution in [2.24, 2.45) is 5.41 Å². The Labute approximate surface area is 132 Å². The average molecular weight is 303 g/mol. The number of hydrogen-bond donors (Lipinski definition) is 0. The van der Waals surface area contributed by atoms with Crippen LogP contribution in [0.2, 0.25) is 0 Å². The van der Waals surface area contributed by atoms with Crippen molar-refractivity contribution >= 4 is 5.91 Å². The number of ether oxygens (including phenoxy) is 1. The molecule has 0 aromatic carbocycles. The van der Waals surface area contributed by atoms with E-state index in [2.05, 4.69) is 16.0 Å². The number of nitrogens with zero attached hydrogens (tertiary/aromatic N) is 3. The third kappa shape index (κ3) is 3.15. The molecule has 0 unspecified atom stereocenters. The molecule has 1 atom stereocenters. The molecule has 0 aliphatic carbocycles. The largest absolute Gasteiger partial charge is 0.383 e. The third-order valence-electron chi connectivity index (χ3n) is 4.93. The third-order valence-corrected chi connectivity index (χ3v) is 4.93. The molecule has 1 spiro atoms. The standard InChI is InChI=1S/C17H25N3O2/c1-22-12-11-20-9-4-6-17(16(20)21)7-10-19(14-17)13-15-5-2-3-8-18-15/h2-3,5,8H,4,6-7,9-14H2,1H3/t17-/m0/s1. The summed E-state index contributed by atoms with van der Waals surface area (Å²) in [6, 6.07) is 6.01. The molecule has 0 bridgehead atoms. The van der Waals surface area contributed by atoms with E-state index in [-0.39, 0.29) is 5.41 Å². The first kappa shape index (κ1) is 15.4. The van der Waals surface area contributed by atoms with Crippen molar-refractivity contribution in [2.45, 2.75) is 25.8 Å². The van der Waals surface area contributed by atoms with Gasteiger partial charge in [-0.2, -0.15) is 0 Å². The minimum atomic E-state index is -0.166. The van der Waals surface area contributed by atoms with Crippen LogP contribution in [0.1, 0.15) is 25.0 Å². The van der Waals surface area contributed by atoms with Crippen molar-refractivity contribution in [1.82, 2.24) is 14.8 Å². The Hall–Kier alpha value is -1.46. The van der Waals surface area contributed by atoms with E-state index in [1.807, 2.05) is 23.2 Å². The maximum Gasteiger partial charge on any atom is 0.230 e. The molecule has 5 nitrogen and oxygen atoms in total. The summed E-state index contributed by atoms with van der Waals surface area (Å²) in [5, 5.41) is 0. The first-order valence-corrected chi connectivity index (χ1v) is 8.14. The average Bonchev–Trinajstić information content (AvgIpc) is 2.94. The molecule has 3 heterocycles. The number of methoxy groups -OCH3 is 1. The zero-order chi connectivity index (χ0) is 15.4. The van der Waals surface area contributed by atoms with Crippen LogP contribution >= 0.6 is 0 Å². The van der Waals surface area contributed by atoms with Crippen LogP contribution in [-0.4, -0.2) is 60.6 Å². The van der Waals surface area contributed by atoms with Gasteiger partial charge in [0.05, 0.1) is 17.7 Å². The van der Waals surface area contributed by atoms with Gasteiger partial charge < -0.3 is 9.64 Å². The smallest absolute Gasteiger partial charge is 0.230 e. The zero-order valence-electron chi connectivity index (χ0n) is 13.3. The second-order valence-corrected chi connectivity index (χ2v) is 6.45. The van der Waals surface area contributed by atoms with Crippen molar-refractivity contribution in [3.8, 4) is 0 Å². The highest BCUT2D eigenvalue weighted by Gasteiger charge is 2.48. The van der Waals surface area contributed by atoms with Gasteiger partial charge in [0.25, 0.3) is 0 Å². The second-order valence-electron chi connectivity index (χ2n) is 6.45. The summed E-state index contributed by atoms with van der Waals surface area (Å²) in [5.74, 6) is 0.333. The Balaban J connectivity index is 1.63. The van der Waals surface area contributed by atoms with Crippen LogP contribution in [0.15, 0.2) is 24.4 Å². The highest BCUT2D eigenvalue weighted by molar-refractivity contribution is 5.84. The number of carbonyl (C=O) groups is 1. The van der Waals surface area contributed by atoms with Gasteiger partial charge in [0.1, 0.15) is 0 Å². The minimum Gasteiger partial charge on any atom is -0.383 e. The van der Waals surface area contributed by atoms with Crippen LogP contribution in [0.5, 0.6) is 0 Å². The molecule has 0 N–H and O–H groups in total. The maximum absolute atomic E-state index is 12.9. The second kappa shape index (κ2) is 6.75. The number of likely N-dealkylation sites (tertiary alicyclic amines) is 2. The lowest BCUT2D eigenvalue weighted by atomic mass is 9.78. The molecule has 2 aliphatic heterocycles. The number of carbonyl (C=O) groups excluding carboxylic acids is 1. The van der Waals surface area contributed by atoms with Gasteiger partial charge in [0, 0.05) is 39.5 Å². The molecule has 0 radical (unpaired) electrons. The first-order chi connectivity index (χ1) is 10.7. The van der Waals surface area contributed by atoms with Crippen LogP contribution < -0.4 is 0 Å². The zero-order valence-corrected chi connectivity index (χ0v) is 13.3. The summed E-state index contributed by atoms with van der Waals surface area (Å²) in [4.78, 5) is 21.7. The van der Waals surface area contributed by atoms with Crippen LogP contribution in [0.3, 0.4) is 0 Å². The Bertz CT molecular complexity index is 508. The van der Waals surface area contributed by atoms with Gasteiger partial charge in [-0.3, -0.25) is 14.7 Å². The molecule has 2 saturated heterocycles. The van der Waals surface area contributed by atoms with Gasteiger partial charge in [-0.25, -0.2) is 0 Å². The molecular formula is C17H25N3O2. The van der Waals surface area contributed by atoms with Crippen LogP contribution in [0.25, 0.3) is 0 Å². The van der Waals surface area contributed by atoms with Crippen molar-refractivity contribution < 1.29 is 9.53 Å². The summed E-state index contributed by atoms with van der Waals surface area (Å²) in [6.07, 6.45) is 4.93. The number of amides is 1.